The van der Waals surface area contributed by atoms with Crippen molar-refractivity contribution in [2.75, 3.05) is 38.0 Å². The summed E-state index contributed by atoms with van der Waals surface area (Å²) >= 11 is -0.874. The van der Waals surface area contributed by atoms with Crippen LogP contribution in [0.2, 0.25) is 0 Å². The minimum Gasteiger partial charge on any atom is -0.610 e. The third-order valence-electron chi connectivity index (χ3n) is 3.59. The van der Waals surface area contributed by atoms with Crippen LogP contribution in [0.15, 0.2) is 23.1 Å². The zero-order valence-corrected chi connectivity index (χ0v) is 12.9. The Bertz CT molecular complexity index is 500. The first-order valence-corrected chi connectivity index (χ1v) is 8.21. The van der Waals surface area contributed by atoms with Crippen LogP contribution in [-0.2, 0) is 17.6 Å². The van der Waals surface area contributed by atoms with Gasteiger partial charge in [-0.15, -0.1) is 0 Å². The number of hydrogen-bond acceptors (Lipinski definition) is 4. The predicted octanol–water partition coefficient (Wildman–Crippen LogP) is 1.98. The molecule has 1 aromatic rings. The van der Waals surface area contributed by atoms with Crippen LogP contribution >= 0.6 is 0 Å². The fraction of sp³-hybridized carbons (Fsp3) is 0.533. The summed E-state index contributed by atoms with van der Waals surface area (Å²) in [7, 11) is 3.95. The molecule has 108 valence electrons. The van der Waals surface area contributed by atoms with Gasteiger partial charge in [-0.05, 0) is 50.6 Å². The van der Waals surface area contributed by atoms with Gasteiger partial charge in [-0.25, -0.2) is 0 Å². The largest absolute Gasteiger partial charge is 0.610 e. The van der Waals surface area contributed by atoms with Gasteiger partial charge in [-0.2, -0.15) is 5.26 Å². The first-order valence-electron chi connectivity index (χ1n) is 6.89. The third-order valence-corrected chi connectivity index (χ3v) is 5.03. The van der Waals surface area contributed by atoms with E-state index in [1.807, 2.05) is 23.9 Å². The minimum absolute atomic E-state index is 0.490. The molecule has 0 amide bonds. The highest BCUT2D eigenvalue weighted by atomic mass is 32.2. The van der Waals surface area contributed by atoms with Gasteiger partial charge in [0.05, 0.1) is 18.3 Å². The van der Waals surface area contributed by atoms with Gasteiger partial charge in [0.25, 0.3) is 0 Å². The molecule has 2 rings (SSSR count). The smallest absolute Gasteiger partial charge is 0.183 e. The number of nitriles is 1. The monoisotopic (exact) mass is 291 g/mol. The number of aryl methyl sites for hydroxylation is 1. The van der Waals surface area contributed by atoms with Gasteiger partial charge in [0.2, 0.25) is 0 Å². The molecule has 0 saturated heterocycles. The lowest BCUT2D eigenvalue weighted by molar-refractivity contribution is 0.363. The van der Waals surface area contributed by atoms with E-state index in [9.17, 15) is 4.55 Å². The number of rotatable bonds is 6. The zero-order valence-electron chi connectivity index (χ0n) is 12.1. The van der Waals surface area contributed by atoms with Crippen LogP contribution in [0.3, 0.4) is 0 Å². The maximum Gasteiger partial charge on any atom is 0.183 e. The molecule has 5 heteroatoms. The van der Waals surface area contributed by atoms with Crippen molar-refractivity contribution in [3.05, 3.63) is 23.8 Å². The number of hydrogen-bond donors (Lipinski definition) is 0. The lowest BCUT2D eigenvalue weighted by Crippen LogP contribution is -2.19. The molecule has 0 spiro atoms. The van der Waals surface area contributed by atoms with Gasteiger partial charge >= 0.3 is 0 Å². The Hall–Kier alpha value is -1.22. The lowest BCUT2D eigenvalue weighted by Gasteiger charge is -2.12. The summed E-state index contributed by atoms with van der Waals surface area (Å²) in [6, 6.07) is 8.46. The second-order valence-electron chi connectivity index (χ2n) is 5.33. The van der Waals surface area contributed by atoms with E-state index in [0.29, 0.717) is 12.4 Å². The topological polar surface area (TPSA) is 53.3 Å². The van der Waals surface area contributed by atoms with Gasteiger partial charge in [0.1, 0.15) is 0 Å². The van der Waals surface area contributed by atoms with Gasteiger partial charge in [-0.1, -0.05) is 6.07 Å². The molecule has 1 atom stereocenters. The fourth-order valence-electron chi connectivity index (χ4n) is 2.44. The Morgan fingerprint density at radius 1 is 1.45 bits per heavy atom. The Kier molecular flexibility index (Phi) is 5.30. The van der Waals surface area contributed by atoms with E-state index in [1.165, 1.54) is 5.56 Å². The van der Waals surface area contributed by atoms with Crippen molar-refractivity contribution in [3.8, 4) is 6.07 Å². The molecule has 0 aromatic heterocycles. The fourth-order valence-corrected chi connectivity index (χ4v) is 3.81. The number of anilines is 1. The number of unbranched alkanes of at least 4 members (excludes halogenated alkanes) is 1. The molecular formula is C15H21N3OS. The van der Waals surface area contributed by atoms with E-state index in [-0.39, 0.29) is 0 Å². The quantitative estimate of drug-likeness (QED) is 0.457. The summed E-state index contributed by atoms with van der Waals surface area (Å²) in [6.45, 7) is 1.44. The molecule has 0 N–H and O–H groups in total. The van der Waals surface area contributed by atoms with Crippen molar-refractivity contribution in [1.29, 1.82) is 5.26 Å². The van der Waals surface area contributed by atoms with Crippen molar-refractivity contribution in [2.45, 2.75) is 24.2 Å². The summed E-state index contributed by atoms with van der Waals surface area (Å²) in [5.74, 6) is 0.609. The number of nitrogens with zero attached hydrogens (tertiary/aromatic N) is 3. The van der Waals surface area contributed by atoms with Crippen molar-refractivity contribution in [1.82, 2.24) is 4.90 Å². The van der Waals surface area contributed by atoms with Crippen LogP contribution < -0.4 is 4.90 Å². The van der Waals surface area contributed by atoms with E-state index in [2.05, 4.69) is 24.3 Å². The maximum absolute atomic E-state index is 12.0. The van der Waals surface area contributed by atoms with Crippen molar-refractivity contribution < 1.29 is 4.55 Å². The average molecular weight is 291 g/mol. The van der Waals surface area contributed by atoms with E-state index in [1.54, 1.807) is 0 Å². The molecule has 0 radical (unpaired) electrons. The summed E-state index contributed by atoms with van der Waals surface area (Å²) in [5, 5.41) is 8.58. The molecule has 0 bridgehead atoms. The summed E-state index contributed by atoms with van der Waals surface area (Å²) in [4.78, 5) is 5.06. The highest BCUT2D eigenvalue weighted by Gasteiger charge is 2.28. The summed E-state index contributed by atoms with van der Waals surface area (Å²) in [5.41, 5.74) is 2.36. The van der Waals surface area contributed by atoms with Crippen LogP contribution in [0.5, 0.6) is 0 Å². The molecular weight excluding hydrogens is 270 g/mol. The highest BCUT2D eigenvalue weighted by molar-refractivity contribution is 7.92. The van der Waals surface area contributed by atoms with Crippen LogP contribution in [0, 0.1) is 11.3 Å². The van der Waals surface area contributed by atoms with Crippen LogP contribution in [0.4, 0.5) is 5.69 Å². The van der Waals surface area contributed by atoms with E-state index < -0.39 is 11.2 Å². The van der Waals surface area contributed by atoms with Crippen molar-refractivity contribution >= 4 is 16.9 Å². The Morgan fingerprint density at radius 2 is 2.25 bits per heavy atom. The lowest BCUT2D eigenvalue weighted by atomic mass is 10.1. The maximum atomic E-state index is 12.0. The minimum atomic E-state index is -0.874. The van der Waals surface area contributed by atoms with E-state index >= 15 is 0 Å². The molecule has 20 heavy (non-hydrogen) atoms. The first-order chi connectivity index (χ1) is 9.61. The zero-order chi connectivity index (χ0) is 14.5. The third kappa shape index (κ3) is 3.66. The second-order valence-corrected chi connectivity index (χ2v) is 6.72. The SMILES string of the molecule is CN(CC#N)CCCCc1ccc2c(c1)[S+]([O-])CN2C. The standard InChI is InChI=1S/C15H21N3OS/c1-17(10-8-16)9-4-3-5-13-6-7-14-15(11-13)20(19)12-18(14)2/h6-7,11H,3-5,9-10,12H2,1-2H3. The van der Waals surface area contributed by atoms with Gasteiger partial charge in [0, 0.05) is 18.2 Å². The normalized spacial score (nSPS) is 17.4. The molecule has 0 aliphatic carbocycles. The molecule has 0 saturated carbocycles. The number of benzene rings is 1. The first kappa shape index (κ1) is 15.2. The van der Waals surface area contributed by atoms with Crippen molar-refractivity contribution in [2.24, 2.45) is 0 Å². The average Bonchev–Trinajstić information content (AvgIpc) is 2.70. The number of fused-ring (bicyclic) bond motifs is 1. The Morgan fingerprint density at radius 3 is 3.00 bits per heavy atom. The molecule has 4 nitrogen and oxygen atoms in total. The molecule has 1 aliphatic rings. The van der Waals surface area contributed by atoms with Crippen LogP contribution in [0.25, 0.3) is 0 Å². The van der Waals surface area contributed by atoms with Crippen LogP contribution in [0.1, 0.15) is 18.4 Å². The van der Waals surface area contributed by atoms with Crippen LogP contribution in [-0.4, -0.2) is 42.5 Å². The van der Waals surface area contributed by atoms with Gasteiger partial charge in [0.15, 0.2) is 10.8 Å². The molecule has 1 aromatic carbocycles. The Balaban J connectivity index is 1.83. The second kappa shape index (κ2) is 6.98. The summed E-state index contributed by atoms with van der Waals surface area (Å²) in [6.07, 6.45) is 3.18. The Labute approximate surface area is 124 Å². The highest BCUT2D eigenvalue weighted by Crippen LogP contribution is 2.33. The molecule has 1 unspecified atom stereocenters. The molecule has 1 heterocycles. The predicted molar refractivity (Wildman–Crippen MR) is 82.2 cm³/mol. The van der Waals surface area contributed by atoms with Gasteiger partial charge < -0.3 is 9.45 Å². The summed E-state index contributed by atoms with van der Waals surface area (Å²) < 4.78 is 12.0. The van der Waals surface area contributed by atoms with E-state index in [4.69, 9.17) is 5.26 Å². The van der Waals surface area contributed by atoms with E-state index in [0.717, 1.165) is 36.4 Å². The van der Waals surface area contributed by atoms with Crippen molar-refractivity contribution in [3.63, 3.8) is 0 Å². The van der Waals surface area contributed by atoms with Gasteiger partial charge in [-0.3, -0.25) is 4.90 Å². The molecule has 0 fully saturated rings. The molecule has 1 aliphatic heterocycles.